The van der Waals surface area contributed by atoms with E-state index in [2.05, 4.69) is 11.1 Å². The molecule has 1 aromatic rings. The molecule has 0 spiro atoms. The molecule has 0 heterocycles. The van der Waals surface area contributed by atoms with Gasteiger partial charge in [0.1, 0.15) is 6.61 Å². The third-order valence-electron chi connectivity index (χ3n) is 4.43. The fourth-order valence-electron chi connectivity index (χ4n) is 2.88. The van der Waals surface area contributed by atoms with E-state index in [-0.39, 0.29) is 29.6 Å². The monoisotopic (exact) mass is 406 g/mol. The Morgan fingerprint density at radius 1 is 0.889 bits per heavy atom. The van der Waals surface area contributed by atoms with Gasteiger partial charge in [0, 0.05) is 5.56 Å². The topological polar surface area (TPSA) is 83.5 Å². The standard InChI is InChI=1S/C20H32O5S.Na/c1-2-3-4-5-6-7-8-9-10-11-12-18-13-15-19(16-14-18)20(21)17-25-26(22,23)24;/h13-16H,2-12,17H2,1H3,(H,22,23,24);/q;+1/p-1. The van der Waals surface area contributed by atoms with Gasteiger partial charge < -0.3 is 4.55 Å². The van der Waals surface area contributed by atoms with Crippen molar-refractivity contribution in [3.8, 4) is 0 Å². The molecule has 148 valence electrons. The summed E-state index contributed by atoms with van der Waals surface area (Å²) in [6.07, 6.45) is 14.0. The predicted octanol–water partition coefficient (Wildman–Crippen LogP) is 1.81. The summed E-state index contributed by atoms with van der Waals surface area (Å²) in [6.45, 7) is 1.49. The minimum Gasteiger partial charge on any atom is -0.726 e. The zero-order valence-electron chi connectivity index (χ0n) is 16.7. The molecule has 1 rings (SSSR count). The SMILES string of the molecule is CCCCCCCCCCCCc1ccc(C(=O)COS(=O)(=O)[O-])cc1.[Na+]. The van der Waals surface area contributed by atoms with E-state index in [1.807, 2.05) is 12.1 Å². The quantitative estimate of drug-likeness (QED) is 0.146. The third kappa shape index (κ3) is 14.4. The second-order valence-corrected chi connectivity index (χ2v) is 7.77. The second kappa shape index (κ2) is 15.7. The van der Waals surface area contributed by atoms with E-state index in [4.69, 9.17) is 0 Å². The largest absolute Gasteiger partial charge is 1.00 e. The van der Waals surface area contributed by atoms with Crippen molar-refractivity contribution in [1.82, 2.24) is 0 Å². The Hall–Kier alpha value is -0.240. The first kappa shape index (κ1) is 26.8. The van der Waals surface area contributed by atoms with E-state index < -0.39 is 22.8 Å². The molecule has 1 aromatic carbocycles. The summed E-state index contributed by atoms with van der Waals surface area (Å²) in [5, 5.41) is 0. The number of aryl methyl sites for hydroxylation is 1. The van der Waals surface area contributed by atoms with Crippen molar-refractivity contribution in [3.05, 3.63) is 35.4 Å². The average molecular weight is 407 g/mol. The van der Waals surface area contributed by atoms with Crippen LogP contribution in [-0.4, -0.2) is 25.4 Å². The Kier molecular flexibility index (Phi) is 15.5. The Morgan fingerprint density at radius 2 is 1.37 bits per heavy atom. The van der Waals surface area contributed by atoms with Gasteiger partial charge in [-0.05, 0) is 18.4 Å². The van der Waals surface area contributed by atoms with Crippen LogP contribution in [0.2, 0.25) is 0 Å². The van der Waals surface area contributed by atoms with Crippen LogP contribution in [0, 0.1) is 0 Å². The molecule has 0 aliphatic rings. The maximum Gasteiger partial charge on any atom is 1.00 e. The number of hydrogen-bond acceptors (Lipinski definition) is 5. The van der Waals surface area contributed by atoms with Gasteiger partial charge in [0.15, 0.2) is 5.78 Å². The molecule has 0 saturated carbocycles. The van der Waals surface area contributed by atoms with Gasteiger partial charge in [-0.15, -0.1) is 0 Å². The number of carbonyl (C=O) groups is 1. The molecule has 0 fully saturated rings. The van der Waals surface area contributed by atoms with Gasteiger partial charge in [-0.2, -0.15) is 0 Å². The Balaban J connectivity index is 0.00000676. The Morgan fingerprint density at radius 3 is 1.85 bits per heavy atom. The molecule has 0 aliphatic carbocycles. The van der Waals surface area contributed by atoms with Gasteiger partial charge in [-0.1, -0.05) is 89.0 Å². The molecule has 0 saturated heterocycles. The van der Waals surface area contributed by atoms with E-state index in [1.165, 1.54) is 57.8 Å². The molecule has 0 radical (unpaired) electrons. The molecule has 27 heavy (non-hydrogen) atoms. The summed E-state index contributed by atoms with van der Waals surface area (Å²) in [6, 6.07) is 7.03. The molecular formula is C20H31NaO5S. The second-order valence-electron chi connectivity index (χ2n) is 6.72. The smallest absolute Gasteiger partial charge is 0.726 e. The number of unbranched alkanes of at least 4 members (excludes halogenated alkanes) is 9. The molecular weight excluding hydrogens is 375 g/mol. The van der Waals surface area contributed by atoms with Crippen molar-refractivity contribution in [3.63, 3.8) is 0 Å². The van der Waals surface area contributed by atoms with E-state index in [1.54, 1.807) is 12.1 Å². The third-order valence-corrected chi connectivity index (χ3v) is 4.84. The number of hydrogen-bond donors (Lipinski definition) is 0. The summed E-state index contributed by atoms with van der Waals surface area (Å²) in [5.74, 6) is -0.519. The fourth-order valence-corrected chi connectivity index (χ4v) is 3.13. The Bertz CT molecular complexity index is 614. The summed E-state index contributed by atoms with van der Waals surface area (Å²) >= 11 is 0. The maximum atomic E-state index is 11.7. The van der Waals surface area contributed by atoms with Crippen LogP contribution in [0.15, 0.2) is 24.3 Å². The summed E-state index contributed by atoms with van der Waals surface area (Å²) in [7, 11) is -4.83. The molecule has 0 aromatic heterocycles. The molecule has 0 unspecified atom stereocenters. The van der Waals surface area contributed by atoms with E-state index in [0.717, 1.165) is 18.4 Å². The number of ketones is 1. The molecule has 7 heteroatoms. The summed E-state index contributed by atoms with van der Waals surface area (Å²) in [4.78, 5) is 11.7. The normalized spacial score (nSPS) is 11.2. The zero-order valence-corrected chi connectivity index (χ0v) is 19.6. The van der Waals surface area contributed by atoms with Crippen molar-refractivity contribution >= 4 is 16.2 Å². The first-order chi connectivity index (χ1) is 12.4. The van der Waals surface area contributed by atoms with Crippen LogP contribution in [-0.2, 0) is 21.0 Å². The van der Waals surface area contributed by atoms with Gasteiger partial charge in [0.05, 0.1) is 0 Å². The molecule has 0 atom stereocenters. The van der Waals surface area contributed by atoms with Gasteiger partial charge in [0.2, 0.25) is 10.4 Å². The number of benzene rings is 1. The van der Waals surface area contributed by atoms with Crippen LogP contribution in [0.25, 0.3) is 0 Å². The molecule has 5 nitrogen and oxygen atoms in total. The van der Waals surface area contributed by atoms with Crippen LogP contribution < -0.4 is 29.6 Å². The summed E-state index contributed by atoms with van der Waals surface area (Å²) < 4.78 is 35.1. The number of carbonyl (C=O) groups excluding carboxylic acids is 1. The van der Waals surface area contributed by atoms with Crippen molar-refractivity contribution < 1.29 is 51.5 Å². The molecule has 0 bridgehead atoms. The van der Waals surface area contributed by atoms with Gasteiger partial charge in [-0.3, -0.25) is 8.98 Å². The van der Waals surface area contributed by atoms with Crippen LogP contribution in [0.1, 0.15) is 87.1 Å². The summed E-state index contributed by atoms with van der Waals surface area (Å²) in [5.41, 5.74) is 1.50. The van der Waals surface area contributed by atoms with Crippen LogP contribution in [0.3, 0.4) is 0 Å². The van der Waals surface area contributed by atoms with Crippen molar-refractivity contribution in [2.24, 2.45) is 0 Å². The van der Waals surface area contributed by atoms with Crippen LogP contribution in [0.4, 0.5) is 0 Å². The number of rotatable bonds is 15. The van der Waals surface area contributed by atoms with E-state index >= 15 is 0 Å². The molecule has 0 N–H and O–H groups in total. The van der Waals surface area contributed by atoms with Gasteiger partial charge in [0.25, 0.3) is 0 Å². The van der Waals surface area contributed by atoms with Crippen molar-refractivity contribution in [2.75, 3.05) is 6.61 Å². The van der Waals surface area contributed by atoms with Gasteiger partial charge in [-0.25, -0.2) is 8.42 Å². The molecule has 0 amide bonds. The predicted molar refractivity (Wildman–Crippen MR) is 102 cm³/mol. The molecule has 0 aliphatic heterocycles. The van der Waals surface area contributed by atoms with Crippen LogP contribution >= 0.6 is 0 Å². The average Bonchev–Trinajstić information content (AvgIpc) is 2.61. The number of Topliss-reactive ketones (excluding diaryl/α,β-unsaturated/α-hetero) is 1. The minimum atomic E-state index is -4.83. The zero-order chi connectivity index (χ0) is 19.3. The van der Waals surface area contributed by atoms with Crippen LogP contribution in [0.5, 0.6) is 0 Å². The van der Waals surface area contributed by atoms with E-state index in [9.17, 15) is 17.8 Å². The first-order valence-corrected chi connectivity index (χ1v) is 11.0. The van der Waals surface area contributed by atoms with Gasteiger partial charge >= 0.3 is 29.6 Å². The first-order valence-electron chi connectivity index (χ1n) is 9.65. The Labute approximate surface area is 186 Å². The van der Waals surface area contributed by atoms with E-state index in [0.29, 0.717) is 5.56 Å². The minimum absolute atomic E-state index is 0. The van der Waals surface area contributed by atoms with Crippen molar-refractivity contribution in [1.29, 1.82) is 0 Å². The van der Waals surface area contributed by atoms with Crippen molar-refractivity contribution in [2.45, 2.75) is 77.6 Å². The fraction of sp³-hybridized carbons (Fsp3) is 0.650. The maximum absolute atomic E-state index is 11.7.